The number of carboxylic acids is 1. The second-order valence-corrected chi connectivity index (χ2v) is 2.60. The van der Waals surface area contributed by atoms with Gasteiger partial charge in [0.15, 0.2) is 6.10 Å². The lowest BCUT2D eigenvalue weighted by Crippen LogP contribution is -2.23. The molecule has 0 spiro atoms. The standard InChI is InChI=1S/C8H10N2O3/c1-5-3-7(10-4-9-5)13-6(2)8(11)12/h3-4,6H,1-2H3,(H,11,12). The molecule has 0 saturated heterocycles. The Balaban J connectivity index is 2.69. The molecule has 1 unspecified atom stereocenters. The molecule has 5 heteroatoms. The molecule has 0 aromatic carbocycles. The van der Waals surface area contributed by atoms with E-state index in [1.165, 1.54) is 13.3 Å². The maximum atomic E-state index is 10.4. The van der Waals surface area contributed by atoms with E-state index in [-0.39, 0.29) is 5.88 Å². The normalized spacial score (nSPS) is 12.2. The summed E-state index contributed by atoms with van der Waals surface area (Å²) in [5, 5.41) is 8.54. The van der Waals surface area contributed by atoms with Gasteiger partial charge in [-0.3, -0.25) is 0 Å². The molecule has 1 rings (SSSR count). The SMILES string of the molecule is Cc1cc(OC(C)C(=O)O)ncn1. The number of rotatable bonds is 3. The Kier molecular flexibility index (Phi) is 2.79. The van der Waals surface area contributed by atoms with Crippen LogP contribution in [-0.4, -0.2) is 27.1 Å². The predicted octanol–water partition coefficient (Wildman–Crippen LogP) is 0.637. The van der Waals surface area contributed by atoms with Crippen LogP contribution in [0.25, 0.3) is 0 Å². The Hall–Kier alpha value is -1.65. The molecule has 1 heterocycles. The van der Waals surface area contributed by atoms with Gasteiger partial charge in [0, 0.05) is 11.8 Å². The van der Waals surface area contributed by atoms with Crippen LogP contribution in [0.3, 0.4) is 0 Å². The molecule has 70 valence electrons. The number of carboxylic acid groups (broad SMARTS) is 1. The molecule has 1 aromatic rings. The average Bonchev–Trinajstić information content (AvgIpc) is 2.04. The number of aromatic nitrogens is 2. The summed E-state index contributed by atoms with van der Waals surface area (Å²) >= 11 is 0. The number of hydrogen-bond donors (Lipinski definition) is 1. The summed E-state index contributed by atoms with van der Waals surface area (Å²) in [4.78, 5) is 18.0. The zero-order valence-corrected chi connectivity index (χ0v) is 7.39. The number of aryl methyl sites for hydroxylation is 1. The molecule has 1 N–H and O–H groups in total. The van der Waals surface area contributed by atoms with Gasteiger partial charge in [-0.2, -0.15) is 0 Å². The maximum absolute atomic E-state index is 10.4. The largest absolute Gasteiger partial charge is 0.479 e. The van der Waals surface area contributed by atoms with Crippen molar-refractivity contribution in [3.8, 4) is 5.88 Å². The number of carbonyl (C=O) groups is 1. The predicted molar refractivity (Wildman–Crippen MR) is 44.5 cm³/mol. The van der Waals surface area contributed by atoms with Crippen LogP contribution >= 0.6 is 0 Å². The van der Waals surface area contributed by atoms with Crippen molar-refractivity contribution in [3.63, 3.8) is 0 Å². The lowest BCUT2D eigenvalue weighted by atomic mass is 10.4. The number of aliphatic carboxylic acids is 1. The van der Waals surface area contributed by atoms with E-state index in [1.807, 2.05) is 0 Å². The smallest absolute Gasteiger partial charge is 0.344 e. The van der Waals surface area contributed by atoms with Gasteiger partial charge >= 0.3 is 5.97 Å². The fourth-order valence-corrected chi connectivity index (χ4v) is 0.726. The van der Waals surface area contributed by atoms with Crippen molar-refractivity contribution in [2.45, 2.75) is 20.0 Å². The van der Waals surface area contributed by atoms with Crippen LogP contribution in [0.1, 0.15) is 12.6 Å². The molecule has 0 aliphatic carbocycles. The zero-order chi connectivity index (χ0) is 9.84. The second kappa shape index (κ2) is 3.84. The molecule has 0 bridgehead atoms. The second-order valence-electron chi connectivity index (χ2n) is 2.60. The van der Waals surface area contributed by atoms with Gasteiger partial charge in [0.25, 0.3) is 0 Å². The first-order valence-corrected chi connectivity index (χ1v) is 3.77. The monoisotopic (exact) mass is 182 g/mol. The summed E-state index contributed by atoms with van der Waals surface area (Å²) in [5.41, 5.74) is 0.739. The lowest BCUT2D eigenvalue weighted by Gasteiger charge is -2.08. The molecule has 1 atom stereocenters. The third kappa shape index (κ3) is 2.70. The van der Waals surface area contributed by atoms with E-state index < -0.39 is 12.1 Å². The Morgan fingerprint density at radius 1 is 1.62 bits per heavy atom. The van der Waals surface area contributed by atoms with Crippen molar-refractivity contribution in [1.82, 2.24) is 9.97 Å². The lowest BCUT2D eigenvalue weighted by molar-refractivity contribution is -0.144. The summed E-state index contributed by atoms with van der Waals surface area (Å²) in [6, 6.07) is 1.58. The van der Waals surface area contributed by atoms with E-state index in [0.717, 1.165) is 5.69 Å². The Bertz CT molecular complexity index is 314. The van der Waals surface area contributed by atoms with Crippen molar-refractivity contribution >= 4 is 5.97 Å². The van der Waals surface area contributed by atoms with Crippen molar-refractivity contribution in [3.05, 3.63) is 18.1 Å². The minimum Gasteiger partial charge on any atom is -0.479 e. The maximum Gasteiger partial charge on any atom is 0.344 e. The van der Waals surface area contributed by atoms with Crippen molar-refractivity contribution in [2.24, 2.45) is 0 Å². The highest BCUT2D eigenvalue weighted by Gasteiger charge is 2.12. The molecule has 1 aromatic heterocycles. The summed E-state index contributed by atoms with van der Waals surface area (Å²) in [7, 11) is 0. The highest BCUT2D eigenvalue weighted by molar-refractivity contribution is 5.72. The van der Waals surface area contributed by atoms with Crippen LogP contribution in [-0.2, 0) is 4.79 Å². The minimum atomic E-state index is -1.02. The first kappa shape index (κ1) is 9.44. The zero-order valence-electron chi connectivity index (χ0n) is 7.39. The van der Waals surface area contributed by atoms with Gasteiger partial charge in [0.2, 0.25) is 5.88 Å². The van der Waals surface area contributed by atoms with Gasteiger partial charge in [0.05, 0.1) is 0 Å². The first-order chi connectivity index (χ1) is 6.09. The topological polar surface area (TPSA) is 72.3 Å². The fourth-order valence-electron chi connectivity index (χ4n) is 0.726. The first-order valence-electron chi connectivity index (χ1n) is 3.77. The van der Waals surface area contributed by atoms with Gasteiger partial charge in [0.1, 0.15) is 6.33 Å². The van der Waals surface area contributed by atoms with Crippen molar-refractivity contribution in [2.75, 3.05) is 0 Å². The molecule has 0 amide bonds. The van der Waals surface area contributed by atoms with Crippen LogP contribution < -0.4 is 4.74 Å². The van der Waals surface area contributed by atoms with Crippen molar-refractivity contribution < 1.29 is 14.6 Å². The van der Waals surface area contributed by atoms with Crippen molar-refractivity contribution in [1.29, 1.82) is 0 Å². The third-order valence-electron chi connectivity index (χ3n) is 1.42. The van der Waals surface area contributed by atoms with E-state index in [4.69, 9.17) is 9.84 Å². The van der Waals surface area contributed by atoms with E-state index >= 15 is 0 Å². The minimum absolute atomic E-state index is 0.280. The van der Waals surface area contributed by atoms with Crippen LogP contribution in [0.5, 0.6) is 5.88 Å². The highest BCUT2D eigenvalue weighted by Crippen LogP contribution is 2.07. The van der Waals surface area contributed by atoms with Crippen LogP contribution in [0.2, 0.25) is 0 Å². The molecule has 5 nitrogen and oxygen atoms in total. The molecule has 13 heavy (non-hydrogen) atoms. The molecule has 0 aliphatic heterocycles. The summed E-state index contributed by atoms with van der Waals surface area (Å²) in [5.74, 6) is -0.737. The van der Waals surface area contributed by atoms with Gasteiger partial charge in [-0.05, 0) is 13.8 Å². The number of nitrogens with zero attached hydrogens (tertiary/aromatic N) is 2. The Labute approximate surface area is 75.4 Å². The van der Waals surface area contributed by atoms with Crippen LogP contribution in [0, 0.1) is 6.92 Å². The van der Waals surface area contributed by atoms with Crippen LogP contribution in [0.15, 0.2) is 12.4 Å². The molecular formula is C8H10N2O3. The number of hydrogen-bond acceptors (Lipinski definition) is 4. The quantitative estimate of drug-likeness (QED) is 0.742. The fraction of sp³-hybridized carbons (Fsp3) is 0.375. The summed E-state index contributed by atoms with van der Waals surface area (Å²) < 4.78 is 5.01. The van der Waals surface area contributed by atoms with Gasteiger partial charge < -0.3 is 9.84 Å². The van der Waals surface area contributed by atoms with Crippen LogP contribution in [0.4, 0.5) is 0 Å². The van der Waals surface area contributed by atoms with E-state index in [0.29, 0.717) is 0 Å². The number of ether oxygens (including phenoxy) is 1. The van der Waals surface area contributed by atoms with Gasteiger partial charge in [-0.15, -0.1) is 0 Å². The van der Waals surface area contributed by atoms with E-state index in [2.05, 4.69) is 9.97 Å². The highest BCUT2D eigenvalue weighted by atomic mass is 16.5. The molecular weight excluding hydrogens is 172 g/mol. The average molecular weight is 182 g/mol. The summed E-state index contributed by atoms with van der Waals surface area (Å²) in [6.07, 6.45) is 0.438. The molecule has 0 fully saturated rings. The van der Waals surface area contributed by atoms with E-state index in [1.54, 1.807) is 13.0 Å². The Morgan fingerprint density at radius 2 is 2.31 bits per heavy atom. The Morgan fingerprint density at radius 3 is 2.85 bits per heavy atom. The molecule has 0 saturated carbocycles. The molecule has 0 aliphatic rings. The third-order valence-corrected chi connectivity index (χ3v) is 1.42. The van der Waals surface area contributed by atoms with E-state index in [9.17, 15) is 4.79 Å². The van der Waals surface area contributed by atoms with Gasteiger partial charge in [-0.25, -0.2) is 14.8 Å². The van der Waals surface area contributed by atoms with Gasteiger partial charge in [-0.1, -0.05) is 0 Å². The summed E-state index contributed by atoms with van der Waals surface area (Å²) in [6.45, 7) is 3.22. The molecule has 0 radical (unpaired) electrons.